The van der Waals surface area contributed by atoms with E-state index in [-0.39, 0.29) is 11.8 Å². The van der Waals surface area contributed by atoms with E-state index >= 15 is 0 Å². The molecule has 23 heavy (non-hydrogen) atoms. The van der Waals surface area contributed by atoms with E-state index in [9.17, 15) is 9.59 Å². The Morgan fingerprint density at radius 1 is 1.39 bits per heavy atom. The third-order valence-corrected chi connectivity index (χ3v) is 4.13. The maximum Gasteiger partial charge on any atom is 0.247 e. The lowest BCUT2D eigenvalue weighted by Crippen LogP contribution is -2.48. The smallest absolute Gasteiger partial charge is 0.247 e. The molecule has 1 aromatic rings. The molecule has 0 aliphatic carbocycles. The summed E-state index contributed by atoms with van der Waals surface area (Å²) in [5, 5.41) is 2.98. The molecule has 1 aliphatic rings. The van der Waals surface area contributed by atoms with Gasteiger partial charge in [-0.05, 0) is 23.5 Å². The molecule has 0 saturated heterocycles. The number of nitrogens with one attached hydrogen (secondary N) is 1. The molecule has 2 rings (SSSR count). The molecule has 0 fully saturated rings. The minimum absolute atomic E-state index is 0.0234. The molecule has 1 atom stereocenters. The number of ether oxygens (including phenoxy) is 1. The fourth-order valence-electron chi connectivity index (χ4n) is 2.85. The highest BCUT2D eigenvalue weighted by atomic mass is 16.5. The van der Waals surface area contributed by atoms with E-state index in [0.717, 1.165) is 17.5 Å². The Labute approximate surface area is 138 Å². The maximum atomic E-state index is 12.7. The molecule has 0 saturated carbocycles. The average Bonchev–Trinajstić information content (AvgIpc) is 2.51. The second-order valence-corrected chi connectivity index (χ2v) is 6.33. The molecule has 0 bridgehead atoms. The first-order valence-corrected chi connectivity index (χ1v) is 8.18. The molecule has 0 aromatic heterocycles. The van der Waals surface area contributed by atoms with E-state index in [1.165, 1.54) is 0 Å². The monoisotopic (exact) mass is 318 g/mol. The topological polar surface area (TPSA) is 58.6 Å². The quantitative estimate of drug-likeness (QED) is 0.835. The summed E-state index contributed by atoms with van der Waals surface area (Å²) in [6.07, 6.45) is 1.27. The first-order chi connectivity index (χ1) is 11.0. The van der Waals surface area contributed by atoms with Crippen LogP contribution in [0.15, 0.2) is 24.3 Å². The number of amides is 2. The Morgan fingerprint density at radius 3 is 2.83 bits per heavy atom. The van der Waals surface area contributed by atoms with Gasteiger partial charge in [0, 0.05) is 20.2 Å². The Kier molecular flexibility index (Phi) is 6.16. The van der Waals surface area contributed by atoms with Gasteiger partial charge >= 0.3 is 0 Å². The zero-order chi connectivity index (χ0) is 16.8. The number of carbonyl (C=O) groups is 2. The molecule has 0 unspecified atom stereocenters. The number of fused-ring (bicyclic) bond motifs is 1. The van der Waals surface area contributed by atoms with Crippen LogP contribution in [-0.4, -0.2) is 43.5 Å². The molecule has 5 nitrogen and oxygen atoms in total. The van der Waals surface area contributed by atoms with Crippen molar-refractivity contribution in [3.8, 4) is 0 Å². The highest BCUT2D eigenvalue weighted by Gasteiger charge is 2.36. The molecule has 0 spiro atoms. The van der Waals surface area contributed by atoms with E-state index in [4.69, 9.17) is 4.74 Å². The molecule has 2 amide bonds. The predicted octanol–water partition coefficient (Wildman–Crippen LogP) is 1.92. The summed E-state index contributed by atoms with van der Waals surface area (Å²) in [6.45, 7) is 5.71. The van der Waals surface area contributed by atoms with Crippen molar-refractivity contribution in [3.63, 3.8) is 0 Å². The van der Waals surface area contributed by atoms with Gasteiger partial charge in [0.05, 0.1) is 13.0 Å². The summed E-state index contributed by atoms with van der Waals surface area (Å²) >= 11 is 0. The second kappa shape index (κ2) is 8.11. The Balaban J connectivity index is 2.21. The molecule has 126 valence electrons. The van der Waals surface area contributed by atoms with Crippen LogP contribution in [0.3, 0.4) is 0 Å². The number of rotatable bonds is 7. The van der Waals surface area contributed by atoms with Crippen LogP contribution in [0.25, 0.3) is 0 Å². The third kappa shape index (κ3) is 4.32. The molecule has 0 radical (unpaired) electrons. The Hall–Kier alpha value is -1.88. The fourth-order valence-corrected chi connectivity index (χ4v) is 2.85. The van der Waals surface area contributed by atoms with E-state index in [2.05, 4.69) is 19.2 Å². The molecule has 1 aliphatic heterocycles. The van der Waals surface area contributed by atoms with Crippen molar-refractivity contribution in [1.82, 2.24) is 10.2 Å². The first-order valence-electron chi connectivity index (χ1n) is 8.18. The van der Waals surface area contributed by atoms with Gasteiger partial charge in [-0.1, -0.05) is 38.1 Å². The van der Waals surface area contributed by atoms with E-state index in [0.29, 0.717) is 32.0 Å². The summed E-state index contributed by atoms with van der Waals surface area (Å²) in [5.74, 6) is 0.396. The zero-order valence-corrected chi connectivity index (χ0v) is 14.2. The van der Waals surface area contributed by atoms with Crippen LogP contribution in [0.4, 0.5) is 0 Å². The summed E-state index contributed by atoms with van der Waals surface area (Å²) in [7, 11) is 1.60. The van der Waals surface area contributed by atoms with Crippen LogP contribution < -0.4 is 5.32 Å². The van der Waals surface area contributed by atoms with Gasteiger partial charge in [0.2, 0.25) is 11.8 Å². The van der Waals surface area contributed by atoms with E-state index in [1.54, 1.807) is 12.0 Å². The summed E-state index contributed by atoms with van der Waals surface area (Å²) in [6, 6.07) is 7.13. The van der Waals surface area contributed by atoms with Gasteiger partial charge in [-0.3, -0.25) is 9.59 Å². The minimum atomic E-state index is -0.560. The fraction of sp³-hybridized carbons (Fsp3) is 0.556. The lowest BCUT2D eigenvalue weighted by Gasteiger charge is -2.36. The van der Waals surface area contributed by atoms with Crippen molar-refractivity contribution in [2.24, 2.45) is 5.92 Å². The Morgan fingerprint density at radius 2 is 2.13 bits per heavy atom. The molecular formula is C18H26N2O3. The normalized spacial score (nSPS) is 17.3. The highest BCUT2D eigenvalue weighted by Crippen LogP contribution is 2.30. The molecule has 1 aromatic carbocycles. The van der Waals surface area contributed by atoms with Crippen molar-refractivity contribution < 1.29 is 14.3 Å². The van der Waals surface area contributed by atoms with Crippen molar-refractivity contribution >= 4 is 11.8 Å². The molecule has 1 heterocycles. The predicted molar refractivity (Wildman–Crippen MR) is 88.9 cm³/mol. The summed E-state index contributed by atoms with van der Waals surface area (Å²) < 4.78 is 5.10. The first kappa shape index (κ1) is 17.5. The van der Waals surface area contributed by atoms with Crippen LogP contribution in [0.5, 0.6) is 0 Å². The number of benzene rings is 1. The van der Waals surface area contributed by atoms with Gasteiger partial charge in [0.25, 0.3) is 0 Å². The Bertz CT molecular complexity index is 557. The number of hydrogen-bond donors (Lipinski definition) is 1. The van der Waals surface area contributed by atoms with Crippen molar-refractivity contribution in [2.45, 2.75) is 32.7 Å². The lowest BCUT2D eigenvalue weighted by molar-refractivity contribution is -0.142. The van der Waals surface area contributed by atoms with Gasteiger partial charge in [0.1, 0.15) is 6.04 Å². The molecular weight excluding hydrogens is 292 g/mol. The van der Waals surface area contributed by atoms with E-state index < -0.39 is 6.04 Å². The minimum Gasteiger partial charge on any atom is -0.383 e. The van der Waals surface area contributed by atoms with Crippen molar-refractivity contribution in [2.75, 3.05) is 26.8 Å². The van der Waals surface area contributed by atoms with Crippen LogP contribution in [0.1, 0.15) is 37.4 Å². The highest BCUT2D eigenvalue weighted by molar-refractivity contribution is 5.92. The summed E-state index contributed by atoms with van der Waals surface area (Å²) in [5.41, 5.74) is 1.86. The zero-order valence-electron chi connectivity index (χ0n) is 14.2. The lowest BCUT2D eigenvalue weighted by atomic mass is 9.91. The van der Waals surface area contributed by atoms with Gasteiger partial charge < -0.3 is 15.0 Å². The van der Waals surface area contributed by atoms with Gasteiger partial charge in [0.15, 0.2) is 0 Å². The average molecular weight is 318 g/mol. The van der Waals surface area contributed by atoms with Crippen LogP contribution in [0, 0.1) is 5.92 Å². The van der Waals surface area contributed by atoms with Gasteiger partial charge in [-0.2, -0.15) is 0 Å². The maximum absolute atomic E-state index is 12.7. The SMILES string of the molecule is COCCN1C(=O)Cc2ccccc2[C@H]1C(=O)NCCC(C)C. The molecule has 5 heteroatoms. The van der Waals surface area contributed by atoms with Gasteiger partial charge in [-0.25, -0.2) is 0 Å². The van der Waals surface area contributed by atoms with Crippen molar-refractivity contribution in [3.05, 3.63) is 35.4 Å². The summed E-state index contributed by atoms with van der Waals surface area (Å²) in [4.78, 5) is 26.8. The van der Waals surface area contributed by atoms with Crippen molar-refractivity contribution in [1.29, 1.82) is 0 Å². The molecule has 1 N–H and O–H groups in total. The number of carbonyl (C=O) groups excluding carboxylic acids is 2. The van der Waals surface area contributed by atoms with E-state index in [1.807, 2.05) is 24.3 Å². The standard InChI is InChI=1S/C18H26N2O3/c1-13(2)8-9-19-18(22)17-15-7-5-4-6-14(15)12-16(21)20(17)10-11-23-3/h4-7,13,17H,8-12H2,1-3H3,(H,19,22)/t17-/m0/s1. The second-order valence-electron chi connectivity index (χ2n) is 6.33. The third-order valence-electron chi connectivity index (χ3n) is 4.13. The number of hydrogen-bond acceptors (Lipinski definition) is 3. The number of nitrogens with zero attached hydrogens (tertiary/aromatic N) is 1. The van der Waals surface area contributed by atoms with Gasteiger partial charge in [-0.15, -0.1) is 0 Å². The van der Waals surface area contributed by atoms with Crippen LogP contribution in [-0.2, 0) is 20.7 Å². The number of methoxy groups -OCH3 is 1. The largest absolute Gasteiger partial charge is 0.383 e. The van der Waals surface area contributed by atoms with Crippen LogP contribution in [0.2, 0.25) is 0 Å². The van der Waals surface area contributed by atoms with Crippen LogP contribution >= 0.6 is 0 Å².